The highest BCUT2D eigenvalue weighted by atomic mass is 19.1. The zero-order valence-corrected chi connectivity index (χ0v) is 23.1. The van der Waals surface area contributed by atoms with Crippen molar-refractivity contribution in [3.8, 4) is 17.2 Å². The van der Waals surface area contributed by atoms with Gasteiger partial charge < -0.3 is 38.3 Å². The van der Waals surface area contributed by atoms with Crippen LogP contribution in [0.3, 0.4) is 0 Å². The summed E-state index contributed by atoms with van der Waals surface area (Å²) in [6, 6.07) is 8.64. The predicted molar refractivity (Wildman–Crippen MR) is 137 cm³/mol. The molecule has 0 saturated carbocycles. The number of ketones is 1. The van der Waals surface area contributed by atoms with Crippen LogP contribution in [0.4, 0.5) is 4.39 Å². The number of Topliss-reactive ketones (excluding diaryl/α,β-unsaturated/α-hetero) is 1. The molecule has 2 aromatic rings. The standard InChI is InChI=1S/C28H29FO13/c1-14(30)36-13-24-25(38-15(2)31)26(39-16(3)32)27(40-17(4)33)28(42-24)41-20-9-10-21(22(34)11-20)23(35)12-37-19-7-5-18(29)6-8-19/h5-11,24-28,34H,12-13H2,1-4H3/t24?,25-,26?,27?,28+/m1/s1. The van der Waals surface area contributed by atoms with E-state index in [0.717, 1.165) is 45.9 Å². The highest BCUT2D eigenvalue weighted by Gasteiger charge is 2.53. The highest BCUT2D eigenvalue weighted by molar-refractivity contribution is 5.99. The Balaban J connectivity index is 1.86. The van der Waals surface area contributed by atoms with E-state index in [2.05, 4.69) is 0 Å². The molecule has 1 N–H and O–H groups in total. The summed E-state index contributed by atoms with van der Waals surface area (Å²) < 4.78 is 51.1. The summed E-state index contributed by atoms with van der Waals surface area (Å²) in [5.74, 6) is -4.50. The van der Waals surface area contributed by atoms with Gasteiger partial charge in [-0.15, -0.1) is 0 Å². The van der Waals surface area contributed by atoms with E-state index in [1.165, 1.54) is 24.3 Å². The van der Waals surface area contributed by atoms with Crippen LogP contribution in [0.15, 0.2) is 42.5 Å². The zero-order chi connectivity index (χ0) is 31.0. The second kappa shape index (κ2) is 14.3. The van der Waals surface area contributed by atoms with E-state index in [9.17, 15) is 33.5 Å². The molecule has 2 aromatic carbocycles. The van der Waals surface area contributed by atoms with Crippen molar-refractivity contribution in [3.63, 3.8) is 0 Å². The summed E-state index contributed by atoms with van der Waals surface area (Å²) in [4.78, 5) is 59.8. The van der Waals surface area contributed by atoms with Crippen LogP contribution in [0.1, 0.15) is 38.1 Å². The van der Waals surface area contributed by atoms with Gasteiger partial charge >= 0.3 is 23.9 Å². The quantitative estimate of drug-likeness (QED) is 0.229. The first-order valence-electron chi connectivity index (χ1n) is 12.6. The molecular formula is C28H29FO13. The number of esters is 4. The van der Waals surface area contributed by atoms with E-state index in [4.69, 9.17) is 33.2 Å². The van der Waals surface area contributed by atoms with Crippen LogP contribution < -0.4 is 9.47 Å². The lowest BCUT2D eigenvalue weighted by Gasteiger charge is -2.43. The molecule has 1 fully saturated rings. The van der Waals surface area contributed by atoms with Crippen LogP contribution in [-0.4, -0.2) is 78.7 Å². The van der Waals surface area contributed by atoms with Gasteiger partial charge in [-0.25, -0.2) is 4.39 Å². The largest absolute Gasteiger partial charge is 0.507 e. The average molecular weight is 593 g/mol. The molecule has 1 aliphatic heterocycles. The van der Waals surface area contributed by atoms with Crippen LogP contribution in [0.5, 0.6) is 17.2 Å². The van der Waals surface area contributed by atoms with Gasteiger partial charge in [0.25, 0.3) is 0 Å². The van der Waals surface area contributed by atoms with Crippen molar-refractivity contribution in [3.05, 3.63) is 53.8 Å². The summed E-state index contributed by atoms with van der Waals surface area (Å²) in [5.41, 5.74) is -0.119. The zero-order valence-electron chi connectivity index (χ0n) is 23.1. The minimum absolute atomic E-state index is 0.0654. The molecule has 1 aliphatic rings. The second-order valence-corrected chi connectivity index (χ2v) is 9.03. The van der Waals surface area contributed by atoms with E-state index in [1.54, 1.807) is 0 Å². The van der Waals surface area contributed by atoms with Crippen LogP contribution in [-0.2, 0) is 42.9 Å². The van der Waals surface area contributed by atoms with Crippen LogP contribution in [0.2, 0.25) is 0 Å². The number of phenolic OH excluding ortho intramolecular Hbond substituents is 1. The van der Waals surface area contributed by atoms with Crippen LogP contribution >= 0.6 is 0 Å². The number of phenols is 1. The van der Waals surface area contributed by atoms with Crippen molar-refractivity contribution in [2.24, 2.45) is 0 Å². The molecule has 5 atom stereocenters. The Morgan fingerprint density at radius 2 is 1.36 bits per heavy atom. The number of hydrogen-bond donors (Lipinski definition) is 1. The lowest BCUT2D eigenvalue weighted by Crippen LogP contribution is -2.63. The summed E-state index contributed by atoms with van der Waals surface area (Å²) in [6.07, 6.45) is -7.08. The van der Waals surface area contributed by atoms with Gasteiger partial charge in [-0.1, -0.05) is 0 Å². The smallest absolute Gasteiger partial charge is 0.303 e. The number of benzene rings is 2. The van der Waals surface area contributed by atoms with Crippen molar-refractivity contribution in [1.29, 1.82) is 0 Å². The van der Waals surface area contributed by atoms with E-state index in [0.29, 0.717) is 0 Å². The molecule has 3 rings (SSSR count). The maximum absolute atomic E-state index is 13.1. The average Bonchev–Trinajstić information content (AvgIpc) is 2.89. The fourth-order valence-electron chi connectivity index (χ4n) is 4.00. The lowest BCUT2D eigenvalue weighted by atomic mass is 9.98. The fraction of sp³-hybridized carbons (Fsp3) is 0.393. The molecule has 1 heterocycles. The Morgan fingerprint density at radius 1 is 0.786 bits per heavy atom. The molecule has 0 amide bonds. The Hall–Kier alpha value is -4.72. The minimum Gasteiger partial charge on any atom is -0.507 e. The minimum atomic E-state index is -1.53. The number of halogens is 1. The molecule has 226 valence electrons. The normalized spacial score (nSPS) is 21.4. The first-order valence-corrected chi connectivity index (χ1v) is 12.6. The number of ether oxygens (including phenoxy) is 7. The summed E-state index contributed by atoms with van der Waals surface area (Å²) in [7, 11) is 0. The lowest BCUT2D eigenvalue weighted by molar-refractivity contribution is -0.288. The maximum atomic E-state index is 13.1. The van der Waals surface area contributed by atoms with Gasteiger partial charge in [-0.3, -0.25) is 24.0 Å². The number of aromatic hydroxyl groups is 1. The van der Waals surface area contributed by atoms with Crippen molar-refractivity contribution < 1.29 is 66.6 Å². The molecule has 0 aliphatic carbocycles. The highest BCUT2D eigenvalue weighted by Crippen LogP contribution is 2.32. The van der Waals surface area contributed by atoms with Crippen LogP contribution in [0.25, 0.3) is 0 Å². The topological polar surface area (TPSA) is 170 Å². The molecule has 3 unspecified atom stereocenters. The maximum Gasteiger partial charge on any atom is 0.303 e. The number of rotatable bonds is 11. The van der Waals surface area contributed by atoms with E-state index < -0.39 is 85.1 Å². The summed E-state index contributed by atoms with van der Waals surface area (Å²) in [6.45, 7) is 3.47. The molecule has 14 heteroatoms. The Labute approximate surface area is 239 Å². The van der Waals surface area contributed by atoms with E-state index >= 15 is 0 Å². The Morgan fingerprint density at radius 3 is 1.93 bits per heavy atom. The van der Waals surface area contributed by atoms with E-state index in [1.807, 2.05) is 0 Å². The van der Waals surface area contributed by atoms with Gasteiger partial charge in [0.15, 0.2) is 18.8 Å². The SMILES string of the molecule is CC(=O)OCC1O[C@H](Oc2ccc(C(=O)COc3ccc(F)cc3)c(O)c2)C(OC(C)=O)C(OC(C)=O)[C@@H]1OC(C)=O. The fourth-order valence-corrected chi connectivity index (χ4v) is 4.00. The molecular weight excluding hydrogens is 563 g/mol. The van der Waals surface area contributed by atoms with Crippen molar-refractivity contribution in [2.75, 3.05) is 13.2 Å². The number of carbonyl (C=O) groups excluding carboxylic acids is 5. The Bertz CT molecular complexity index is 1310. The van der Waals surface area contributed by atoms with Gasteiger partial charge in [0, 0.05) is 33.8 Å². The van der Waals surface area contributed by atoms with Crippen molar-refractivity contribution in [2.45, 2.75) is 58.4 Å². The summed E-state index contributed by atoms with van der Waals surface area (Å²) in [5, 5.41) is 10.5. The molecule has 0 radical (unpaired) electrons. The Kier molecular flexibility index (Phi) is 10.8. The van der Waals surface area contributed by atoms with E-state index in [-0.39, 0.29) is 17.1 Å². The second-order valence-electron chi connectivity index (χ2n) is 9.03. The molecule has 1 saturated heterocycles. The molecule has 0 spiro atoms. The number of carbonyl (C=O) groups is 5. The van der Waals surface area contributed by atoms with Crippen molar-refractivity contribution >= 4 is 29.7 Å². The third-order valence-electron chi connectivity index (χ3n) is 5.65. The van der Waals surface area contributed by atoms with Gasteiger partial charge in [0.2, 0.25) is 18.2 Å². The first-order chi connectivity index (χ1) is 19.8. The number of hydrogen-bond acceptors (Lipinski definition) is 13. The molecule has 0 bridgehead atoms. The van der Waals surface area contributed by atoms with Gasteiger partial charge in [0.05, 0.1) is 5.56 Å². The van der Waals surface area contributed by atoms with Gasteiger partial charge in [-0.05, 0) is 36.4 Å². The van der Waals surface area contributed by atoms with Crippen LogP contribution in [0, 0.1) is 5.82 Å². The molecule has 42 heavy (non-hydrogen) atoms. The monoisotopic (exact) mass is 592 g/mol. The first kappa shape index (κ1) is 31.8. The molecule has 0 aromatic heterocycles. The predicted octanol–water partition coefficient (Wildman–Crippen LogP) is 2.25. The van der Waals surface area contributed by atoms with Crippen molar-refractivity contribution in [1.82, 2.24) is 0 Å². The third kappa shape index (κ3) is 8.89. The third-order valence-corrected chi connectivity index (χ3v) is 5.65. The van der Waals surface area contributed by atoms with Gasteiger partial charge in [0.1, 0.15) is 35.8 Å². The summed E-state index contributed by atoms with van der Waals surface area (Å²) >= 11 is 0. The molecule has 13 nitrogen and oxygen atoms in total. The van der Waals surface area contributed by atoms with Gasteiger partial charge in [-0.2, -0.15) is 0 Å².